The van der Waals surface area contributed by atoms with E-state index in [1.807, 2.05) is 30.5 Å². The van der Waals surface area contributed by atoms with E-state index in [9.17, 15) is 18.0 Å². The molecule has 1 aliphatic heterocycles. The minimum atomic E-state index is -3.42. The molecule has 2 amide bonds. The van der Waals surface area contributed by atoms with E-state index >= 15 is 0 Å². The van der Waals surface area contributed by atoms with Gasteiger partial charge >= 0.3 is 11.8 Å². The number of rotatable bonds is 5. The van der Waals surface area contributed by atoms with Gasteiger partial charge in [0, 0.05) is 35.9 Å². The summed E-state index contributed by atoms with van der Waals surface area (Å²) in [6.07, 6.45) is 2.97. The highest BCUT2D eigenvalue weighted by atomic mass is 35.5. The van der Waals surface area contributed by atoms with Crippen LogP contribution in [0.4, 0.5) is 11.4 Å². The Labute approximate surface area is 184 Å². The minimum Gasteiger partial charge on any atom is -0.361 e. The number of carbonyl (C=O) groups excluding carboxylic acids is 2. The highest BCUT2D eigenvalue weighted by Crippen LogP contribution is 2.33. The Morgan fingerprint density at radius 1 is 1.13 bits per heavy atom. The van der Waals surface area contributed by atoms with Crippen molar-refractivity contribution in [2.24, 2.45) is 0 Å². The first-order valence-corrected chi connectivity index (χ1v) is 11.8. The first-order valence-electron chi connectivity index (χ1n) is 9.79. The van der Waals surface area contributed by atoms with E-state index in [0.717, 1.165) is 16.5 Å². The Kier molecular flexibility index (Phi) is 5.88. The average molecular weight is 461 g/mol. The van der Waals surface area contributed by atoms with Crippen molar-refractivity contribution in [3.05, 3.63) is 59.2 Å². The van der Waals surface area contributed by atoms with Crippen LogP contribution < -0.4 is 14.9 Å². The number of fused-ring (bicyclic) bond motifs is 1. The van der Waals surface area contributed by atoms with Crippen molar-refractivity contribution in [2.45, 2.75) is 12.8 Å². The van der Waals surface area contributed by atoms with Gasteiger partial charge in [-0.1, -0.05) is 29.8 Å². The molecule has 2 heterocycles. The summed E-state index contributed by atoms with van der Waals surface area (Å²) in [5, 5.41) is 6.43. The molecule has 162 valence electrons. The fourth-order valence-corrected chi connectivity index (χ4v) is 5.45. The predicted molar refractivity (Wildman–Crippen MR) is 121 cm³/mol. The maximum atomic E-state index is 12.3. The molecule has 31 heavy (non-hydrogen) atoms. The van der Waals surface area contributed by atoms with Crippen LogP contribution >= 0.6 is 11.6 Å². The summed E-state index contributed by atoms with van der Waals surface area (Å²) in [7, 11) is -3.42. The Hall–Kier alpha value is -3.04. The van der Waals surface area contributed by atoms with Crippen LogP contribution in [0.1, 0.15) is 12.0 Å². The summed E-state index contributed by atoms with van der Waals surface area (Å²) in [6, 6.07) is 12.3. The molecule has 0 bridgehead atoms. The van der Waals surface area contributed by atoms with E-state index in [2.05, 4.69) is 15.6 Å². The number of nitrogens with zero attached hydrogens (tertiary/aromatic N) is 1. The Bertz CT molecular complexity index is 1260. The first-order chi connectivity index (χ1) is 14.8. The molecule has 0 aliphatic carbocycles. The smallest absolute Gasteiger partial charge is 0.313 e. The van der Waals surface area contributed by atoms with Gasteiger partial charge in [-0.3, -0.25) is 13.9 Å². The van der Waals surface area contributed by atoms with Gasteiger partial charge in [-0.15, -0.1) is 0 Å². The molecule has 1 saturated heterocycles. The molecule has 0 radical (unpaired) electrons. The Balaban J connectivity index is 1.37. The van der Waals surface area contributed by atoms with E-state index in [0.29, 0.717) is 31.6 Å². The van der Waals surface area contributed by atoms with Crippen LogP contribution in [0.15, 0.2) is 48.7 Å². The predicted octanol–water partition coefficient (Wildman–Crippen LogP) is 2.66. The van der Waals surface area contributed by atoms with E-state index in [1.165, 1.54) is 22.5 Å². The van der Waals surface area contributed by atoms with Crippen molar-refractivity contribution in [3.63, 3.8) is 0 Å². The van der Waals surface area contributed by atoms with Crippen molar-refractivity contribution < 1.29 is 18.0 Å². The van der Waals surface area contributed by atoms with Crippen LogP contribution in [0, 0.1) is 0 Å². The van der Waals surface area contributed by atoms with Crippen LogP contribution in [0.2, 0.25) is 5.02 Å². The van der Waals surface area contributed by atoms with E-state index in [1.54, 1.807) is 0 Å². The molecule has 10 heteroatoms. The number of aromatic nitrogens is 1. The second-order valence-electron chi connectivity index (χ2n) is 7.23. The van der Waals surface area contributed by atoms with Crippen LogP contribution in [-0.2, 0) is 26.0 Å². The minimum absolute atomic E-state index is 0.0543. The zero-order valence-electron chi connectivity index (χ0n) is 16.5. The zero-order chi connectivity index (χ0) is 22.0. The zero-order valence-corrected chi connectivity index (χ0v) is 18.1. The Morgan fingerprint density at radius 2 is 1.94 bits per heavy atom. The topological polar surface area (TPSA) is 111 Å². The standard InChI is InChI=1S/C21H21ClN4O4S/c22-17-7-6-15(12-19(17)26-10-3-11-31(26,29)30)25-21(28)20(27)23-9-8-14-13-24-18-5-2-1-4-16(14)18/h1-2,4-7,12-13,24H,3,8-11H2,(H,23,27)(H,25,28). The fraction of sp³-hybridized carbons (Fsp3) is 0.238. The molecule has 3 aromatic rings. The second kappa shape index (κ2) is 8.60. The van der Waals surface area contributed by atoms with Gasteiger partial charge in [-0.2, -0.15) is 0 Å². The summed E-state index contributed by atoms with van der Waals surface area (Å²) < 4.78 is 25.6. The van der Waals surface area contributed by atoms with Crippen LogP contribution in [0.3, 0.4) is 0 Å². The van der Waals surface area contributed by atoms with Gasteiger partial charge in [0.2, 0.25) is 10.0 Å². The third kappa shape index (κ3) is 4.52. The van der Waals surface area contributed by atoms with E-state index in [-0.39, 0.29) is 16.5 Å². The highest BCUT2D eigenvalue weighted by molar-refractivity contribution is 7.93. The Morgan fingerprint density at radius 3 is 2.71 bits per heavy atom. The molecule has 1 fully saturated rings. The van der Waals surface area contributed by atoms with Gasteiger partial charge in [0.25, 0.3) is 0 Å². The third-order valence-corrected chi connectivity index (χ3v) is 7.31. The molecular formula is C21H21ClN4O4S. The number of hydrogen-bond donors (Lipinski definition) is 3. The average Bonchev–Trinajstić information content (AvgIpc) is 3.32. The number of halogens is 1. The van der Waals surface area contributed by atoms with E-state index < -0.39 is 21.8 Å². The lowest BCUT2D eigenvalue weighted by atomic mass is 10.1. The SMILES string of the molecule is O=C(NCCc1c[nH]c2ccccc12)C(=O)Nc1ccc(Cl)c(N2CCCS2(=O)=O)c1. The quantitative estimate of drug-likeness (QED) is 0.508. The summed E-state index contributed by atoms with van der Waals surface area (Å²) >= 11 is 6.16. The van der Waals surface area contributed by atoms with Crippen molar-refractivity contribution in [1.82, 2.24) is 10.3 Å². The van der Waals surface area contributed by atoms with Crippen molar-refractivity contribution in [1.29, 1.82) is 0 Å². The molecule has 4 rings (SSSR count). The molecule has 0 atom stereocenters. The summed E-state index contributed by atoms with van der Waals surface area (Å²) in [5.41, 5.74) is 2.64. The summed E-state index contributed by atoms with van der Waals surface area (Å²) in [5.74, 6) is -1.56. The van der Waals surface area contributed by atoms with Crippen molar-refractivity contribution in [3.8, 4) is 0 Å². The number of H-pyrrole nitrogens is 1. The number of sulfonamides is 1. The number of carbonyl (C=O) groups is 2. The molecule has 0 unspecified atom stereocenters. The van der Waals surface area contributed by atoms with Crippen LogP contribution in [-0.4, -0.2) is 44.1 Å². The normalized spacial score (nSPS) is 15.2. The number of amides is 2. The molecule has 0 saturated carbocycles. The lowest BCUT2D eigenvalue weighted by Gasteiger charge is -2.19. The summed E-state index contributed by atoms with van der Waals surface area (Å²) in [6.45, 7) is 0.625. The van der Waals surface area contributed by atoms with Gasteiger partial charge < -0.3 is 15.6 Å². The van der Waals surface area contributed by atoms with Gasteiger partial charge in [-0.05, 0) is 42.7 Å². The highest BCUT2D eigenvalue weighted by Gasteiger charge is 2.30. The number of hydrogen-bond acceptors (Lipinski definition) is 4. The fourth-order valence-electron chi connectivity index (χ4n) is 3.61. The van der Waals surface area contributed by atoms with Crippen LogP contribution in [0.5, 0.6) is 0 Å². The van der Waals surface area contributed by atoms with Crippen molar-refractivity contribution in [2.75, 3.05) is 28.5 Å². The molecular weight excluding hydrogens is 440 g/mol. The van der Waals surface area contributed by atoms with E-state index in [4.69, 9.17) is 11.6 Å². The molecule has 3 N–H and O–H groups in total. The van der Waals surface area contributed by atoms with Crippen LogP contribution in [0.25, 0.3) is 10.9 Å². The maximum Gasteiger partial charge on any atom is 0.313 e. The van der Waals surface area contributed by atoms with Gasteiger partial charge in [0.15, 0.2) is 0 Å². The molecule has 0 spiro atoms. The number of anilines is 2. The molecule has 1 aromatic heterocycles. The first kappa shape index (κ1) is 21.2. The molecule has 8 nitrogen and oxygen atoms in total. The third-order valence-electron chi connectivity index (χ3n) is 5.13. The molecule has 2 aromatic carbocycles. The van der Waals surface area contributed by atoms with Crippen molar-refractivity contribution >= 4 is 55.7 Å². The lowest BCUT2D eigenvalue weighted by Crippen LogP contribution is -2.36. The monoisotopic (exact) mass is 460 g/mol. The number of benzene rings is 2. The van der Waals surface area contributed by atoms with Gasteiger partial charge in [0.1, 0.15) is 0 Å². The largest absolute Gasteiger partial charge is 0.361 e. The number of nitrogens with one attached hydrogen (secondary N) is 3. The summed E-state index contributed by atoms with van der Waals surface area (Å²) in [4.78, 5) is 27.6. The van der Waals surface area contributed by atoms with Gasteiger partial charge in [0.05, 0.1) is 16.5 Å². The number of para-hydroxylation sites is 1. The maximum absolute atomic E-state index is 12.3. The van der Waals surface area contributed by atoms with Gasteiger partial charge in [-0.25, -0.2) is 8.42 Å². The number of aromatic amines is 1. The lowest BCUT2D eigenvalue weighted by molar-refractivity contribution is -0.136. The molecule has 1 aliphatic rings. The second-order valence-corrected chi connectivity index (χ2v) is 9.65.